The van der Waals surface area contributed by atoms with Crippen LogP contribution in [0.25, 0.3) is 10.8 Å². The lowest BCUT2D eigenvalue weighted by Gasteiger charge is -2.24. The molecule has 0 atom stereocenters. The topological polar surface area (TPSA) is 29.1 Å². The van der Waals surface area contributed by atoms with E-state index in [1.54, 1.807) is 6.92 Å². The molecule has 1 aliphatic carbocycles. The summed E-state index contributed by atoms with van der Waals surface area (Å²) in [5.74, 6) is 0.122. The molecule has 2 aromatic carbocycles. The van der Waals surface area contributed by atoms with Gasteiger partial charge in [0.2, 0.25) is 0 Å². The molecule has 2 heteroatoms. The SMILES string of the molecule is CC(=O)c1ccc2cc(NC3CCCCC3)ccc2c1. The van der Waals surface area contributed by atoms with Gasteiger partial charge in [-0.2, -0.15) is 0 Å². The van der Waals surface area contributed by atoms with Crippen LogP contribution in [0.3, 0.4) is 0 Å². The van der Waals surface area contributed by atoms with Crippen molar-refractivity contribution in [3.8, 4) is 0 Å². The minimum atomic E-state index is 0.122. The second-order valence-electron chi connectivity index (χ2n) is 5.81. The number of nitrogens with one attached hydrogen (secondary N) is 1. The van der Waals surface area contributed by atoms with Crippen LogP contribution in [0.5, 0.6) is 0 Å². The van der Waals surface area contributed by atoms with Gasteiger partial charge in [-0.15, -0.1) is 0 Å². The van der Waals surface area contributed by atoms with Crippen LogP contribution in [0.15, 0.2) is 36.4 Å². The predicted molar refractivity (Wildman–Crippen MR) is 84.4 cm³/mol. The summed E-state index contributed by atoms with van der Waals surface area (Å²) < 4.78 is 0. The largest absolute Gasteiger partial charge is 0.382 e. The molecule has 1 aliphatic rings. The molecule has 0 saturated heterocycles. The minimum Gasteiger partial charge on any atom is -0.382 e. The molecule has 0 bridgehead atoms. The molecule has 20 heavy (non-hydrogen) atoms. The van der Waals surface area contributed by atoms with Gasteiger partial charge in [0.05, 0.1) is 0 Å². The lowest BCUT2D eigenvalue weighted by molar-refractivity contribution is 0.101. The van der Waals surface area contributed by atoms with Gasteiger partial charge in [0.1, 0.15) is 0 Å². The van der Waals surface area contributed by atoms with Gasteiger partial charge in [0, 0.05) is 17.3 Å². The van der Waals surface area contributed by atoms with E-state index in [2.05, 4.69) is 23.5 Å². The number of fused-ring (bicyclic) bond motifs is 1. The van der Waals surface area contributed by atoms with E-state index in [1.165, 1.54) is 43.2 Å². The zero-order chi connectivity index (χ0) is 13.9. The van der Waals surface area contributed by atoms with Gasteiger partial charge < -0.3 is 5.32 Å². The Balaban J connectivity index is 1.83. The highest BCUT2D eigenvalue weighted by atomic mass is 16.1. The molecule has 0 amide bonds. The van der Waals surface area contributed by atoms with E-state index in [4.69, 9.17) is 0 Å². The van der Waals surface area contributed by atoms with E-state index in [9.17, 15) is 4.79 Å². The van der Waals surface area contributed by atoms with Gasteiger partial charge in [-0.05, 0) is 48.7 Å². The van der Waals surface area contributed by atoms with Crippen molar-refractivity contribution in [2.75, 3.05) is 5.32 Å². The Morgan fingerprint density at radius 3 is 2.45 bits per heavy atom. The number of ketones is 1. The monoisotopic (exact) mass is 267 g/mol. The van der Waals surface area contributed by atoms with Crippen molar-refractivity contribution >= 4 is 22.2 Å². The van der Waals surface area contributed by atoms with Crippen molar-refractivity contribution in [1.29, 1.82) is 0 Å². The molecular weight excluding hydrogens is 246 g/mol. The highest BCUT2D eigenvalue weighted by Gasteiger charge is 2.12. The zero-order valence-electron chi connectivity index (χ0n) is 12.0. The summed E-state index contributed by atoms with van der Waals surface area (Å²) in [4.78, 5) is 11.4. The Bertz CT molecular complexity index is 626. The summed E-state index contributed by atoms with van der Waals surface area (Å²) in [6.07, 6.45) is 6.62. The average molecular weight is 267 g/mol. The minimum absolute atomic E-state index is 0.122. The predicted octanol–water partition coefficient (Wildman–Crippen LogP) is 4.79. The van der Waals surface area contributed by atoms with Gasteiger partial charge >= 0.3 is 0 Å². The van der Waals surface area contributed by atoms with Crippen molar-refractivity contribution in [2.24, 2.45) is 0 Å². The van der Waals surface area contributed by atoms with E-state index in [0.29, 0.717) is 6.04 Å². The molecule has 0 spiro atoms. The van der Waals surface area contributed by atoms with Crippen LogP contribution < -0.4 is 5.32 Å². The van der Waals surface area contributed by atoms with Crippen molar-refractivity contribution in [2.45, 2.75) is 45.1 Å². The van der Waals surface area contributed by atoms with Crippen molar-refractivity contribution in [1.82, 2.24) is 0 Å². The first-order chi connectivity index (χ1) is 9.72. The number of Topliss-reactive ketones (excluding diaryl/α,β-unsaturated/α-hetero) is 1. The molecular formula is C18H21NO. The van der Waals surface area contributed by atoms with Gasteiger partial charge in [0.15, 0.2) is 5.78 Å². The first-order valence-electron chi connectivity index (χ1n) is 7.54. The molecule has 0 radical (unpaired) electrons. The highest BCUT2D eigenvalue weighted by molar-refractivity contribution is 5.99. The van der Waals surface area contributed by atoms with Crippen molar-refractivity contribution < 1.29 is 4.79 Å². The van der Waals surface area contributed by atoms with Gasteiger partial charge in [-0.3, -0.25) is 4.79 Å². The van der Waals surface area contributed by atoms with Gasteiger partial charge in [0.25, 0.3) is 0 Å². The molecule has 0 unspecified atom stereocenters. The van der Waals surface area contributed by atoms with Crippen molar-refractivity contribution in [3.63, 3.8) is 0 Å². The summed E-state index contributed by atoms with van der Waals surface area (Å²) in [6, 6.07) is 13.0. The Hall–Kier alpha value is -1.83. The lowest BCUT2D eigenvalue weighted by Crippen LogP contribution is -2.22. The molecule has 2 nitrogen and oxygen atoms in total. The van der Waals surface area contributed by atoms with E-state index in [0.717, 1.165) is 10.9 Å². The van der Waals surface area contributed by atoms with E-state index >= 15 is 0 Å². The fraction of sp³-hybridized carbons (Fsp3) is 0.389. The number of hydrogen-bond donors (Lipinski definition) is 1. The molecule has 3 rings (SSSR count). The summed E-state index contributed by atoms with van der Waals surface area (Å²) in [5.41, 5.74) is 1.98. The highest BCUT2D eigenvalue weighted by Crippen LogP contribution is 2.25. The molecule has 0 aliphatic heterocycles. The Kier molecular flexibility index (Phi) is 3.72. The smallest absolute Gasteiger partial charge is 0.159 e. The zero-order valence-corrected chi connectivity index (χ0v) is 12.0. The summed E-state index contributed by atoms with van der Waals surface area (Å²) >= 11 is 0. The third kappa shape index (κ3) is 2.84. The second-order valence-corrected chi connectivity index (χ2v) is 5.81. The number of benzene rings is 2. The first-order valence-corrected chi connectivity index (χ1v) is 7.54. The van der Waals surface area contributed by atoms with E-state index in [-0.39, 0.29) is 5.78 Å². The normalized spacial score (nSPS) is 16.2. The quantitative estimate of drug-likeness (QED) is 0.810. The van der Waals surface area contributed by atoms with E-state index in [1.807, 2.05) is 18.2 Å². The lowest BCUT2D eigenvalue weighted by atomic mass is 9.95. The molecule has 1 N–H and O–H groups in total. The fourth-order valence-corrected chi connectivity index (χ4v) is 3.04. The van der Waals surface area contributed by atoms with Crippen molar-refractivity contribution in [3.05, 3.63) is 42.0 Å². The molecule has 1 saturated carbocycles. The maximum absolute atomic E-state index is 11.4. The number of hydrogen-bond acceptors (Lipinski definition) is 2. The molecule has 2 aromatic rings. The van der Waals surface area contributed by atoms with E-state index < -0.39 is 0 Å². The first kappa shape index (κ1) is 13.2. The molecule has 0 aromatic heterocycles. The number of carbonyl (C=O) groups excluding carboxylic acids is 1. The third-order valence-electron chi connectivity index (χ3n) is 4.22. The summed E-state index contributed by atoms with van der Waals surface area (Å²) in [7, 11) is 0. The maximum Gasteiger partial charge on any atom is 0.159 e. The third-order valence-corrected chi connectivity index (χ3v) is 4.22. The molecule has 1 fully saturated rings. The second kappa shape index (κ2) is 5.66. The standard InChI is InChI=1S/C18H21NO/c1-13(20)14-7-8-16-12-18(10-9-15(16)11-14)19-17-5-3-2-4-6-17/h7-12,17,19H,2-6H2,1H3. The Morgan fingerprint density at radius 2 is 1.70 bits per heavy atom. The van der Waals surface area contributed by atoms with Gasteiger partial charge in [-0.25, -0.2) is 0 Å². The summed E-state index contributed by atoms with van der Waals surface area (Å²) in [5, 5.41) is 5.97. The number of rotatable bonds is 3. The Morgan fingerprint density at radius 1 is 1.00 bits per heavy atom. The number of carbonyl (C=O) groups is 1. The van der Waals surface area contributed by atoms with Crippen LogP contribution in [0.1, 0.15) is 49.4 Å². The van der Waals surface area contributed by atoms with Crippen LogP contribution >= 0.6 is 0 Å². The average Bonchev–Trinajstić information content (AvgIpc) is 2.47. The number of anilines is 1. The Labute approximate surface area is 120 Å². The molecule has 0 heterocycles. The van der Waals surface area contributed by atoms with Crippen LogP contribution in [0.2, 0.25) is 0 Å². The maximum atomic E-state index is 11.4. The summed E-state index contributed by atoms with van der Waals surface area (Å²) in [6.45, 7) is 1.61. The fourth-order valence-electron chi connectivity index (χ4n) is 3.04. The van der Waals surface area contributed by atoms with Crippen LogP contribution in [0, 0.1) is 0 Å². The van der Waals surface area contributed by atoms with Crippen LogP contribution in [0.4, 0.5) is 5.69 Å². The van der Waals surface area contributed by atoms with Crippen LogP contribution in [-0.4, -0.2) is 11.8 Å². The molecule has 104 valence electrons. The van der Waals surface area contributed by atoms with Crippen LogP contribution in [-0.2, 0) is 0 Å². The van der Waals surface area contributed by atoms with Gasteiger partial charge in [-0.1, -0.05) is 37.5 Å².